The number of benzene rings is 1. The topological polar surface area (TPSA) is 81.1 Å². The van der Waals surface area contributed by atoms with Crippen LogP contribution in [0, 0.1) is 0 Å². The van der Waals surface area contributed by atoms with E-state index in [-0.39, 0.29) is 16.7 Å². The lowest BCUT2D eigenvalue weighted by atomic mass is 10.2. The Morgan fingerprint density at radius 1 is 1.29 bits per heavy atom. The van der Waals surface area contributed by atoms with Crippen molar-refractivity contribution in [2.24, 2.45) is 0 Å². The molecule has 0 aliphatic heterocycles. The van der Waals surface area contributed by atoms with Crippen molar-refractivity contribution in [1.29, 1.82) is 0 Å². The van der Waals surface area contributed by atoms with Crippen molar-refractivity contribution in [3.63, 3.8) is 0 Å². The van der Waals surface area contributed by atoms with Crippen molar-refractivity contribution in [2.75, 3.05) is 4.72 Å². The maximum absolute atomic E-state index is 12.4. The number of anilines is 1. The molecule has 7 heteroatoms. The first kappa shape index (κ1) is 15.2. The maximum atomic E-state index is 12.4. The molecular weight excluding hydrogens is 290 g/mol. The van der Waals surface area contributed by atoms with Gasteiger partial charge >= 0.3 is 0 Å². The summed E-state index contributed by atoms with van der Waals surface area (Å²) >= 11 is 0. The Balaban J connectivity index is 2.36. The standard InChI is InChI=1S/C14H17N3O3S/c1-10(2)17-14(7-8-15-17)16-21(19,20)13-6-4-5-12(9-13)11(3)18/h4-10,16H,1-3H3. The average molecular weight is 307 g/mol. The first-order valence-electron chi connectivity index (χ1n) is 6.48. The molecule has 0 radical (unpaired) electrons. The van der Waals surface area contributed by atoms with E-state index in [0.29, 0.717) is 11.4 Å². The molecule has 0 amide bonds. The van der Waals surface area contributed by atoms with Gasteiger partial charge in [0.2, 0.25) is 0 Å². The second kappa shape index (κ2) is 5.69. The number of carbonyl (C=O) groups is 1. The van der Waals surface area contributed by atoms with E-state index in [0.717, 1.165) is 0 Å². The predicted molar refractivity (Wildman–Crippen MR) is 79.9 cm³/mol. The molecule has 1 heterocycles. The molecule has 0 saturated heterocycles. The molecule has 0 aliphatic rings. The third-order valence-electron chi connectivity index (χ3n) is 2.95. The number of ketones is 1. The molecule has 0 unspecified atom stereocenters. The molecule has 21 heavy (non-hydrogen) atoms. The summed E-state index contributed by atoms with van der Waals surface area (Å²) in [7, 11) is -3.76. The minimum atomic E-state index is -3.76. The number of hydrogen-bond donors (Lipinski definition) is 1. The van der Waals surface area contributed by atoms with Crippen LogP contribution < -0.4 is 4.72 Å². The van der Waals surface area contributed by atoms with Crippen LogP contribution in [-0.2, 0) is 10.0 Å². The van der Waals surface area contributed by atoms with Crippen molar-refractivity contribution in [1.82, 2.24) is 9.78 Å². The number of carbonyl (C=O) groups excluding carboxylic acids is 1. The third kappa shape index (κ3) is 3.30. The lowest BCUT2D eigenvalue weighted by Gasteiger charge is -2.13. The first-order valence-corrected chi connectivity index (χ1v) is 7.97. The van der Waals surface area contributed by atoms with Crippen molar-refractivity contribution < 1.29 is 13.2 Å². The molecule has 1 aromatic heterocycles. The Kier molecular flexibility index (Phi) is 4.13. The van der Waals surface area contributed by atoms with Gasteiger partial charge in [-0.3, -0.25) is 9.52 Å². The fourth-order valence-electron chi connectivity index (χ4n) is 1.89. The molecule has 0 bridgehead atoms. The van der Waals surface area contributed by atoms with Gasteiger partial charge in [-0.05, 0) is 32.9 Å². The van der Waals surface area contributed by atoms with Crippen LogP contribution in [0.3, 0.4) is 0 Å². The fraction of sp³-hybridized carbons (Fsp3) is 0.286. The van der Waals surface area contributed by atoms with Crippen molar-refractivity contribution >= 4 is 21.6 Å². The van der Waals surface area contributed by atoms with E-state index in [1.165, 1.54) is 25.3 Å². The largest absolute Gasteiger partial charge is 0.295 e. The van der Waals surface area contributed by atoms with Crippen LogP contribution in [0.4, 0.5) is 5.82 Å². The summed E-state index contributed by atoms with van der Waals surface area (Å²) in [6, 6.07) is 7.56. The summed E-state index contributed by atoms with van der Waals surface area (Å²) in [5.41, 5.74) is 0.357. The summed E-state index contributed by atoms with van der Waals surface area (Å²) < 4.78 is 28.8. The summed E-state index contributed by atoms with van der Waals surface area (Å²) in [5.74, 6) is 0.206. The van der Waals surface area contributed by atoms with Gasteiger partial charge in [0, 0.05) is 17.7 Å². The van der Waals surface area contributed by atoms with Crippen LogP contribution in [-0.4, -0.2) is 24.0 Å². The summed E-state index contributed by atoms with van der Waals surface area (Å²) in [6.45, 7) is 5.20. The number of Topliss-reactive ketones (excluding diaryl/α,β-unsaturated/α-hetero) is 1. The Hall–Kier alpha value is -2.15. The van der Waals surface area contributed by atoms with E-state index in [9.17, 15) is 13.2 Å². The number of rotatable bonds is 5. The second-order valence-corrected chi connectivity index (χ2v) is 6.63. The van der Waals surface area contributed by atoms with Gasteiger partial charge in [-0.2, -0.15) is 5.10 Å². The fourth-order valence-corrected chi connectivity index (χ4v) is 2.98. The highest BCUT2D eigenvalue weighted by Gasteiger charge is 2.18. The lowest BCUT2D eigenvalue weighted by molar-refractivity contribution is 0.101. The van der Waals surface area contributed by atoms with Crippen LogP contribution in [0.1, 0.15) is 37.2 Å². The molecular formula is C14H17N3O3S. The minimum absolute atomic E-state index is 0.0289. The highest BCUT2D eigenvalue weighted by atomic mass is 32.2. The van der Waals surface area contributed by atoms with Gasteiger partial charge < -0.3 is 0 Å². The SMILES string of the molecule is CC(=O)c1cccc(S(=O)(=O)Nc2ccnn2C(C)C)c1. The molecule has 2 rings (SSSR count). The predicted octanol–water partition coefficient (Wildman–Crippen LogP) is 2.47. The Morgan fingerprint density at radius 3 is 2.62 bits per heavy atom. The van der Waals surface area contributed by atoms with Crippen molar-refractivity contribution in [3.8, 4) is 0 Å². The zero-order chi connectivity index (χ0) is 15.6. The van der Waals surface area contributed by atoms with Crippen LogP contribution in [0.2, 0.25) is 0 Å². The molecule has 0 aliphatic carbocycles. The van der Waals surface area contributed by atoms with Gasteiger partial charge in [-0.1, -0.05) is 12.1 Å². The Labute approximate surface area is 123 Å². The van der Waals surface area contributed by atoms with Gasteiger partial charge in [-0.25, -0.2) is 13.1 Å². The molecule has 1 N–H and O–H groups in total. The second-order valence-electron chi connectivity index (χ2n) is 4.94. The molecule has 6 nitrogen and oxygen atoms in total. The monoisotopic (exact) mass is 307 g/mol. The van der Waals surface area contributed by atoms with Crippen LogP contribution in [0.25, 0.3) is 0 Å². The molecule has 1 aromatic carbocycles. The summed E-state index contributed by atoms with van der Waals surface area (Å²) in [4.78, 5) is 11.4. The summed E-state index contributed by atoms with van der Waals surface area (Å²) in [5, 5.41) is 4.07. The van der Waals surface area contributed by atoms with E-state index in [1.807, 2.05) is 13.8 Å². The molecule has 0 saturated carbocycles. The lowest BCUT2D eigenvalue weighted by Crippen LogP contribution is -2.17. The highest BCUT2D eigenvalue weighted by Crippen LogP contribution is 2.19. The molecule has 2 aromatic rings. The van der Waals surface area contributed by atoms with Gasteiger partial charge in [0.25, 0.3) is 10.0 Å². The van der Waals surface area contributed by atoms with Crippen LogP contribution >= 0.6 is 0 Å². The maximum Gasteiger partial charge on any atom is 0.263 e. The third-order valence-corrected chi connectivity index (χ3v) is 4.30. The van der Waals surface area contributed by atoms with Crippen LogP contribution in [0.5, 0.6) is 0 Å². The van der Waals surface area contributed by atoms with Crippen LogP contribution in [0.15, 0.2) is 41.4 Å². The smallest absolute Gasteiger partial charge is 0.263 e. The highest BCUT2D eigenvalue weighted by molar-refractivity contribution is 7.92. The Bertz CT molecular complexity index is 763. The van der Waals surface area contributed by atoms with Gasteiger partial charge in [0.15, 0.2) is 5.78 Å². The average Bonchev–Trinajstić information content (AvgIpc) is 2.86. The number of aromatic nitrogens is 2. The number of sulfonamides is 1. The molecule has 0 atom stereocenters. The van der Waals surface area contributed by atoms with E-state index < -0.39 is 10.0 Å². The van der Waals surface area contributed by atoms with Gasteiger partial charge in [-0.15, -0.1) is 0 Å². The first-order chi connectivity index (χ1) is 9.81. The zero-order valence-electron chi connectivity index (χ0n) is 12.1. The quantitative estimate of drug-likeness (QED) is 0.860. The minimum Gasteiger partial charge on any atom is -0.295 e. The normalized spacial score (nSPS) is 11.6. The van der Waals surface area contributed by atoms with E-state index in [4.69, 9.17) is 0 Å². The van der Waals surface area contributed by atoms with E-state index >= 15 is 0 Å². The van der Waals surface area contributed by atoms with Gasteiger partial charge in [0.05, 0.1) is 11.1 Å². The Morgan fingerprint density at radius 2 is 2.00 bits per heavy atom. The summed E-state index contributed by atoms with van der Waals surface area (Å²) in [6.07, 6.45) is 1.53. The van der Waals surface area contributed by atoms with Crippen molar-refractivity contribution in [2.45, 2.75) is 31.7 Å². The molecule has 0 spiro atoms. The number of nitrogens with zero attached hydrogens (tertiary/aromatic N) is 2. The number of hydrogen-bond acceptors (Lipinski definition) is 4. The van der Waals surface area contributed by atoms with E-state index in [1.54, 1.807) is 22.9 Å². The molecule has 0 fully saturated rings. The molecule has 112 valence electrons. The van der Waals surface area contributed by atoms with Gasteiger partial charge in [0.1, 0.15) is 5.82 Å². The zero-order valence-corrected chi connectivity index (χ0v) is 12.9. The van der Waals surface area contributed by atoms with Crippen molar-refractivity contribution in [3.05, 3.63) is 42.1 Å². The number of nitrogens with one attached hydrogen (secondary N) is 1. The van der Waals surface area contributed by atoms with E-state index in [2.05, 4.69) is 9.82 Å².